The number of esters is 1. The van der Waals surface area contributed by atoms with Crippen LogP contribution < -0.4 is 5.32 Å². The summed E-state index contributed by atoms with van der Waals surface area (Å²) in [6, 6.07) is 12.0. The first-order valence-electron chi connectivity index (χ1n) is 10.5. The van der Waals surface area contributed by atoms with E-state index in [0.717, 1.165) is 28.8 Å². The molecule has 0 aliphatic heterocycles. The van der Waals surface area contributed by atoms with Gasteiger partial charge in [-0.05, 0) is 71.7 Å². The molecular weight excluding hydrogens is 358 g/mol. The molecule has 3 nitrogen and oxygen atoms in total. The van der Waals surface area contributed by atoms with Gasteiger partial charge in [-0.1, -0.05) is 58.4 Å². The summed E-state index contributed by atoms with van der Waals surface area (Å²) in [5, 5.41) is 3.39. The molecule has 2 rings (SSSR count). The molecule has 0 saturated carbocycles. The van der Waals surface area contributed by atoms with Crippen LogP contribution in [-0.4, -0.2) is 19.6 Å². The van der Waals surface area contributed by atoms with Gasteiger partial charge in [0.25, 0.3) is 0 Å². The molecule has 1 N–H and O–H groups in total. The molecule has 0 amide bonds. The number of hydrogen-bond donors (Lipinski definition) is 1. The van der Waals surface area contributed by atoms with Gasteiger partial charge in [-0.25, -0.2) is 4.79 Å². The molecule has 0 heterocycles. The first-order valence-corrected chi connectivity index (χ1v) is 10.5. The second-order valence-corrected chi connectivity index (χ2v) is 8.23. The van der Waals surface area contributed by atoms with Crippen LogP contribution in [0.2, 0.25) is 0 Å². The van der Waals surface area contributed by atoms with Crippen molar-refractivity contribution in [3.8, 4) is 0 Å². The van der Waals surface area contributed by atoms with Crippen LogP contribution in [0.15, 0.2) is 43.0 Å². The Balaban J connectivity index is 2.37. The second kappa shape index (κ2) is 9.78. The highest BCUT2D eigenvalue weighted by atomic mass is 16.5. The van der Waals surface area contributed by atoms with E-state index in [1.807, 2.05) is 26.1 Å². The number of hydrogen-bond acceptors (Lipinski definition) is 3. The van der Waals surface area contributed by atoms with Gasteiger partial charge >= 0.3 is 5.97 Å². The van der Waals surface area contributed by atoms with Gasteiger partial charge in [0.1, 0.15) is 0 Å². The SMILES string of the molecule is C=C(c1ccc(C(=O)OCC)cc1)c1cc(NC)c(C(C)(C)CCCC)cc1C. The van der Waals surface area contributed by atoms with E-state index < -0.39 is 0 Å². The Kier molecular flexibility index (Phi) is 7.66. The third-order valence-corrected chi connectivity index (χ3v) is 5.59. The fourth-order valence-corrected chi connectivity index (χ4v) is 3.73. The Labute approximate surface area is 176 Å². The highest BCUT2D eigenvalue weighted by Gasteiger charge is 2.24. The lowest BCUT2D eigenvalue weighted by molar-refractivity contribution is 0.0526. The van der Waals surface area contributed by atoms with Crippen molar-refractivity contribution in [2.75, 3.05) is 19.0 Å². The zero-order valence-corrected chi connectivity index (χ0v) is 18.8. The number of carbonyl (C=O) groups is 1. The van der Waals surface area contributed by atoms with Crippen LogP contribution in [-0.2, 0) is 10.2 Å². The standard InChI is InChI=1S/C26H35NO2/c1-8-10-15-26(5,6)23-16-18(3)22(17-24(23)27-7)19(4)20-11-13-21(14-12-20)25(28)29-9-2/h11-14,16-17,27H,4,8-10,15H2,1-3,5-7H3. The molecule has 0 spiro atoms. The highest BCUT2D eigenvalue weighted by molar-refractivity contribution is 5.90. The Morgan fingerprint density at radius 3 is 2.28 bits per heavy atom. The molecule has 0 unspecified atom stereocenters. The van der Waals surface area contributed by atoms with Crippen LogP contribution in [0.3, 0.4) is 0 Å². The third kappa shape index (κ3) is 5.29. The Bertz CT molecular complexity index is 863. The molecule has 0 aliphatic carbocycles. The summed E-state index contributed by atoms with van der Waals surface area (Å²) in [5.74, 6) is -0.294. The number of unbranched alkanes of at least 4 members (excludes halogenated alkanes) is 1. The minimum Gasteiger partial charge on any atom is -0.462 e. The van der Waals surface area contributed by atoms with Crippen LogP contribution in [0.1, 0.15) is 79.6 Å². The zero-order valence-electron chi connectivity index (χ0n) is 18.8. The smallest absolute Gasteiger partial charge is 0.338 e. The Hall–Kier alpha value is -2.55. The molecule has 2 aromatic carbocycles. The average molecular weight is 394 g/mol. The maximum absolute atomic E-state index is 11.9. The van der Waals surface area contributed by atoms with Gasteiger partial charge in [0, 0.05) is 12.7 Å². The van der Waals surface area contributed by atoms with Crippen molar-refractivity contribution in [1.82, 2.24) is 0 Å². The third-order valence-electron chi connectivity index (χ3n) is 5.59. The second-order valence-electron chi connectivity index (χ2n) is 8.23. The first kappa shape index (κ1) is 22.7. The van der Waals surface area contributed by atoms with E-state index in [1.165, 1.54) is 24.0 Å². The van der Waals surface area contributed by atoms with E-state index in [-0.39, 0.29) is 11.4 Å². The summed E-state index contributed by atoms with van der Waals surface area (Å²) in [4.78, 5) is 11.9. The molecule has 0 aliphatic rings. The first-order chi connectivity index (χ1) is 13.7. The molecule has 0 fully saturated rings. The predicted molar refractivity (Wildman–Crippen MR) is 124 cm³/mol. The topological polar surface area (TPSA) is 38.3 Å². The molecular formula is C26H35NO2. The van der Waals surface area contributed by atoms with Gasteiger partial charge in [0.2, 0.25) is 0 Å². The van der Waals surface area contributed by atoms with Crippen LogP contribution in [0.5, 0.6) is 0 Å². The summed E-state index contributed by atoms with van der Waals surface area (Å²) in [6.07, 6.45) is 3.58. The number of anilines is 1. The quantitative estimate of drug-likeness (QED) is 0.479. The van der Waals surface area contributed by atoms with Crippen molar-refractivity contribution in [2.45, 2.75) is 59.3 Å². The number of rotatable bonds is 9. The summed E-state index contributed by atoms with van der Waals surface area (Å²) in [6.45, 7) is 15.5. The van der Waals surface area contributed by atoms with Gasteiger partial charge in [0.15, 0.2) is 0 Å². The van der Waals surface area contributed by atoms with Crippen LogP contribution in [0.25, 0.3) is 5.57 Å². The molecule has 0 atom stereocenters. The Morgan fingerprint density at radius 1 is 1.10 bits per heavy atom. The number of ether oxygens (including phenoxy) is 1. The van der Waals surface area contributed by atoms with Crippen molar-refractivity contribution < 1.29 is 9.53 Å². The summed E-state index contributed by atoms with van der Waals surface area (Å²) < 4.78 is 5.07. The largest absolute Gasteiger partial charge is 0.462 e. The van der Waals surface area contributed by atoms with E-state index in [4.69, 9.17) is 4.74 Å². The number of carbonyl (C=O) groups excluding carboxylic acids is 1. The minimum absolute atomic E-state index is 0.111. The van der Waals surface area contributed by atoms with Gasteiger partial charge in [-0.3, -0.25) is 0 Å². The summed E-state index contributed by atoms with van der Waals surface area (Å²) in [7, 11) is 1.98. The molecule has 156 valence electrons. The van der Waals surface area contributed by atoms with E-state index in [9.17, 15) is 4.79 Å². The summed E-state index contributed by atoms with van der Waals surface area (Å²) >= 11 is 0. The lowest BCUT2D eigenvalue weighted by atomic mass is 9.77. The van der Waals surface area contributed by atoms with Crippen molar-refractivity contribution in [2.24, 2.45) is 0 Å². The zero-order chi connectivity index (χ0) is 21.6. The molecule has 0 aromatic heterocycles. The summed E-state index contributed by atoms with van der Waals surface area (Å²) in [5.41, 5.74) is 7.45. The van der Waals surface area contributed by atoms with Crippen molar-refractivity contribution >= 4 is 17.2 Å². The molecule has 0 bridgehead atoms. The van der Waals surface area contributed by atoms with Crippen molar-refractivity contribution in [3.05, 3.63) is 70.8 Å². The molecule has 0 saturated heterocycles. The van der Waals surface area contributed by atoms with Crippen LogP contribution >= 0.6 is 0 Å². The monoisotopic (exact) mass is 393 g/mol. The average Bonchev–Trinajstić information content (AvgIpc) is 2.72. The molecule has 2 aromatic rings. The maximum atomic E-state index is 11.9. The molecule has 29 heavy (non-hydrogen) atoms. The van der Waals surface area contributed by atoms with E-state index >= 15 is 0 Å². The number of benzene rings is 2. The predicted octanol–water partition coefficient (Wildman–Crippen LogP) is 6.74. The minimum atomic E-state index is -0.294. The van der Waals surface area contributed by atoms with E-state index in [0.29, 0.717) is 12.2 Å². The van der Waals surface area contributed by atoms with Gasteiger partial charge in [-0.15, -0.1) is 0 Å². The van der Waals surface area contributed by atoms with Crippen molar-refractivity contribution in [3.63, 3.8) is 0 Å². The number of aryl methyl sites for hydroxylation is 1. The van der Waals surface area contributed by atoms with Gasteiger partial charge in [0.05, 0.1) is 12.2 Å². The Morgan fingerprint density at radius 2 is 1.72 bits per heavy atom. The van der Waals surface area contributed by atoms with Gasteiger partial charge in [-0.2, -0.15) is 0 Å². The molecule has 0 radical (unpaired) electrons. The maximum Gasteiger partial charge on any atom is 0.338 e. The fraction of sp³-hybridized carbons (Fsp3) is 0.423. The van der Waals surface area contributed by atoms with Crippen LogP contribution in [0, 0.1) is 6.92 Å². The normalized spacial score (nSPS) is 11.2. The van der Waals surface area contributed by atoms with E-state index in [2.05, 4.69) is 51.7 Å². The lowest BCUT2D eigenvalue weighted by Gasteiger charge is -2.29. The number of nitrogens with one attached hydrogen (secondary N) is 1. The van der Waals surface area contributed by atoms with E-state index in [1.54, 1.807) is 12.1 Å². The lowest BCUT2D eigenvalue weighted by Crippen LogP contribution is -2.19. The van der Waals surface area contributed by atoms with Crippen LogP contribution in [0.4, 0.5) is 5.69 Å². The molecule has 3 heteroatoms. The highest BCUT2D eigenvalue weighted by Crippen LogP contribution is 2.38. The fourth-order valence-electron chi connectivity index (χ4n) is 3.73. The van der Waals surface area contributed by atoms with Gasteiger partial charge < -0.3 is 10.1 Å². The van der Waals surface area contributed by atoms with Crippen molar-refractivity contribution in [1.29, 1.82) is 0 Å².